The van der Waals surface area contributed by atoms with E-state index in [0.29, 0.717) is 6.04 Å². The Labute approximate surface area is 117 Å². The molecule has 4 heteroatoms. The van der Waals surface area contributed by atoms with Gasteiger partial charge in [0.1, 0.15) is 0 Å². The molecule has 112 valence electrons. The molecule has 0 aromatic rings. The lowest BCUT2D eigenvalue weighted by atomic mass is 9.76. The zero-order valence-corrected chi connectivity index (χ0v) is 13.0. The van der Waals surface area contributed by atoms with E-state index in [1.54, 1.807) is 7.11 Å². The summed E-state index contributed by atoms with van der Waals surface area (Å²) in [6.07, 6.45) is 3.22. The van der Waals surface area contributed by atoms with Gasteiger partial charge in [-0.15, -0.1) is 0 Å². The summed E-state index contributed by atoms with van der Waals surface area (Å²) in [4.78, 5) is 13.8. The Morgan fingerprint density at radius 2 is 1.95 bits per heavy atom. The molecule has 1 unspecified atom stereocenters. The first-order chi connectivity index (χ1) is 8.76. The fourth-order valence-electron chi connectivity index (χ4n) is 3.04. The number of rotatable bonds is 6. The highest BCUT2D eigenvalue weighted by Gasteiger charge is 2.41. The van der Waals surface area contributed by atoms with Gasteiger partial charge in [-0.25, -0.2) is 0 Å². The monoisotopic (exact) mass is 271 g/mol. The van der Waals surface area contributed by atoms with Crippen molar-refractivity contribution in [2.45, 2.75) is 65.0 Å². The van der Waals surface area contributed by atoms with E-state index in [1.165, 1.54) is 0 Å². The minimum absolute atomic E-state index is 0.120. The van der Waals surface area contributed by atoms with Crippen molar-refractivity contribution in [2.24, 2.45) is 5.41 Å². The molecule has 1 atom stereocenters. The third-order valence-corrected chi connectivity index (χ3v) is 4.85. The first kappa shape index (κ1) is 16.4. The van der Waals surface area contributed by atoms with Crippen molar-refractivity contribution in [1.29, 1.82) is 0 Å². The van der Waals surface area contributed by atoms with Crippen LogP contribution >= 0.6 is 0 Å². The molecule has 1 aliphatic rings. The van der Waals surface area contributed by atoms with Crippen LogP contribution < -0.4 is 0 Å². The lowest BCUT2D eigenvalue weighted by Crippen LogP contribution is -2.48. The van der Waals surface area contributed by atoms with Gasteiger partial charge in [0.2, 0.25) is 0 Å². The number of carbonyl (C=O) groups is 1. The number of likely N-dealkylation sites (tertiary alicyclic amines) is 1. The van der Waals surface area contributed by atoms with E-state index < -0.39 is 11.4 Å². The molecule has 1 fully saturated rings. The molecule has 0 spiro atoms. The van der Waals surface area contributed by atoms with E-state index in [-0.39, 0.29) is 5.60 Å². The van der Waals surface area contributed by atoms with Crippen LogP contribution in [0.3, 0.4) is 0 Å². The zero-order chi connectivity index (χ0) is 14.7. The first-order valence-corrected chi connectivity index (χ1v) is 7.29. The zero-order valence-electron chi connectivity index (χ0n) is 13.0. The topological polar surface area (TPSA) is 49.8 Å². The Morgan fingerprint density at radius 1 is 1.42 bits per heavy atom. The van der Waals surface area contributed by atoms with E-state index in [0.717, 1.165) is 38.8 Å². The van der Waals surface area contributed by atoms with Crippen LogP contribution in [0.4, 0.5) is 0 Å². The van der Waals surface area contributed by atoms with E-state index in [9.17, 15) is 9.90 Å². The van der Waals surface area contributed by atoms with Gasteiger partial charge in [0.25, 0.3) is 0 Å². The third-order valence-electron chi connectivity index (χ3n) is 4.85. The third kappa shape index (κ3) is 3.93. The normalized spacial score (nSPS) is 22.2. The average Bonchev–Trinajstić information content (AvgIpc) is 2.38. The maximum absolute atomic E-state index is 11.4. The molecule has 0 aromatic carbocycles. The number of ether oxygens (including phenoxy) is 1. The molecule has 1 aliphatic heterocycles. The molecule has 0 saturated carbocycles. The van der Waals surface area contributed by atoms with Gasteiger partial charge in [-0.1, -0.05) is 6.92 Å². The molecule has 4 nitrogen and oxygen atoms in total. The smallest absolute Gasteiger partial charge is 0.309 e. The quantitative estimate of drug-likeness (QED) is 0.807. The molecular formula is C15H29NO3. The van der Waals surface area contributed by atoms with Crippen molar-refractivity contribution < 1.29 is 14.6 Å². The van der Waals surface area contributed by atoms with Crippen LogP contribution in [-0.2, 0) is 9.53 Å². The SMILES string of the molecule is CCC1(C(=O)O)CCN(C(C)CC(C)(C)OC)CC1. The molecule has 0 aromatic heterocycles. The molecule has 0 radical (unpaired) electrons. The number of piperidine rings is 1. The summed E-state index contributed by atoms with van der Waals surface area (Å²) in [5, 5.41) is 9.40. The standard InChI is InChI=1S/C15H29NO3/c1-6-15(13(17)18)7-9-16(10-8-15)12(2)11-14(3,4)19-5/h12H,6-11H2,1-5H3,(H,17,18). The van der Waals surface area contributed by atoms with Crippen molar-refractivity contribution in [3.05, 3.63) is 0 Å². The van der Waals surface area contributed by atoms with Crippen molar-refractivity contribution in [1.82, 2.24) is 4.90 Å². The Balaban J connectivity index is 2.56. The average molecular weight is 271 g/mol. The Morgan fingerprint density at radius 3 is 2.32 bits per heavy atom. The summed E-state index contributed by atoms with van der Waals surface area (Å²) in [6.45, 7) is 10.1. The van der Waals surface area contributed by atoms with Gasteiger partial charge in [-0.3, -0.25) is 4.79 Å². The van der Waals surface area contributed by atoms with Crippen molar-refractivity contribution >= 4 is 5.97 Å². The van der Waals surface area contributed by atoms with Gasteiger partial charge in [-0.2, -0.15) is 0 Å². The van der Waals surface area contributed by atoms with Crippen LogP contribution in [-0.4, -0.2) is 47.8 Å². The number of hydrogen-bond donors (Lipinski definition) is 1. The molecule has 1 N–H and O–H groups in total. The van der Waals surface area contributed by atoms with Crippen LogP contribution in [0.15, 0.2) is 0 Å². The van der Waals surface area contributed by atoms with Crippen LogP contribution in [0, 0.1) is 5.41 Å². The molecule has 19 heavy (non-hydrogen) atoms. The Hall–Kier alpha value is -0.610. The van der Waals surface area contributed by atoms with Gasteiger partial charge in [-0.05, 0) is 59.5 Å². The number of aliphatic carboxylic acids is 1. The number of nitrogens with zero attached hydrogens (tertiary/aromatic N) is 1. The largest absolute Gasteiger partial charge is 0.481 e. The molecule has 0 amide bonds. The second-order valence-corrected chi connectivity index (χ2v) is 6.49. The van der Waals surface area contributed by atoms with Gasteiger partial charge < -0.3 is 14.7 Å². The lowest BCUT2D eigenvalue weighted by Gasteiger charge is -2.42. The van der Waals surface area contributed by atoms with E-state index in [4.69, 9.17) is 4.74 Å². The summed E-state index contributed by atoms with van der Waals surface area (Å²) in [5.74, 6) is -0.625. The molecule has 1 rings (SSSR count). The summed E-state index contributed by atoms with van der Waals surface area (Å²) < 4.78 is 5.48. The summed E-state index contributed by atoms with van der Waals surface area (Å²) in [6, 6.07) is 0.429. The molecule has 1 saturated heterocycles. The van der Waals surface area contributed by atoms with Crippen LogP contribution in [0.5, 0.6) is 0 Å². The fourth-order valence-corrected chi connectivity index (χ4v) is 3.04. The van der Waals surface area contributed by atoms with Crippen LogP contribution in [0.1, 0.15) is 53.4 Å². The maximum atomic E-state index is 11.4. The highest BCUT2D eigenvalue weighted by atomic mass is 16.5. The lowest BCUT2D eigenvalue weighted by molar-refractivity contribution is -0.153. The van der Waals surface area contributed by atoms with Crippen molar-refractivity contribution in [3.8, 4) is 0 Å². The minimum atomic E-state index is -0.625. The Kier molecular flexibility index (Phi) is 5.39. The second kappa shape index (κ2) is 6.23. The predicted octanol–water partition coefficient (Wildman–Crippen LogP) is 2.77. The summed E-state index contributed by atoms with van der Waals surface area (Å²) >= 11 is 0. The van der Waals surface area contributed by atoms with E-state index in [1.807, 2.05) is 6.92 Å². The van der Waals surface area contributed by atoms with Crippen LogP contribution in [0.25, 0.3) is 0 Å². The van der Waals surface area contributed by atoms with E-state index >= 15 is 0 Å². The highest BCUT2D eigenvalue weighted by Crippen LogP contribution is 2.36. The van der Waals surface area contributed by atoms with Gasteiger partial charge >= 0.3 is 5.97 Å². The van der Waals surface area contributed by atoms with Crippen molar-refractivity contribution in [3.63, 3.8) is 0 Å². The summed E-state index contributed by atoms with van der Waals surface area (Å²) in [5.41, 5.74) is -0.613. The highest BCUT2D eigenvalue weighted by molar-refractivity contribution is 5.74. The number of carboxylic acids is 1. The number of carboxylic acid groups (broad SMARTS) is 1. The van der Waals surface area contributed by atoms with Crippen molar-refractivity contribution in [2.75, 3.05) is 20.2 Å². The number of hydrogen-bond acceptors (Lipinski definition) is 3. The first-order valence-electron chi connectivity index (χ1n) is 7.29. The van der Waals surface area contributed by atoms with E-state index in [2.05, 4.69) is 25.7 Å². The maximum Gasteiger partial charge on any atom is 0.309 e. The van der Waals surface area contributed by atoms with Gasteiger partial charge in [0.05, 0.1) is 11.0 Å². The molecular weight excluding hydrogens is 242 g/mol. The molecule has 0 bridgehead atoms. The van der Waals surface area contributed by atoms with Gasteiger partial charge in [0, 0.05) is 13.2 Å². The Bertz CT molecular complexity index is 307. The van der Waals surface area contributed by atoms with Crippen LogP contribution in [0.2, 0.25) is 0 Å². The molecule has 1 heterocycles. The molecule has 0 aliphatic carbocycles. The summed E-state index contributed by atoms with van der Waals surface area (Å²) in [7, 11) is 1.75. The van der Waals surface area contributed by atoms with Gasteiger partial charge in [0.15, 0.2) is 0 Å². The minimum Gasteiger partial charge on any atom is -0.481 e. The number of methoxy groups -OCH3 is 1. The fraction of sp³-hybridized carbons (Fsp3) is 0.933. The second-order valence-electron chi connectivity index (χ2n) is 6.49. The predicted molar refractivity (Wildman–Crippen MR) is 76.3 cm³/mol.